The Morgan fingerprint density at radius 3 is 2.42 bits per heavy atom. The van der Waals surface area contributed by atoms with E-state index >= 15 is 0 Å². The normalized spacial score (nSPS) is 11.0. The molecule has 2 aromatic heterocycles. The van der Waals surface area contributed by atoms with E-state index in [0.29, 0.717) is 16.0 Å². The second-order valence-electron chi connectivity index (χ2n) is 8.57. The molecule has 190 valence electrons. The molecule has 7 heteroatoms. The monoisotopic (exact) mass is 602 g/mol. The zero-order valence-corrected chi connectivity index (χ0v) is 23.9. The molecule has 0 atom stereocenters. The predicted octanol–water partition coefficient (Wildman–Crippen LogP) is 7.57. The van der Waals surface area contributed by atoms with Crippen LogP contribution in [-0.2, 0) is 21.7 Å². The summed E-state index contributed by atoms with van der Waals surface area (Å²) in [6.07, 6.45) is 3.92. The number of carbonyl (C=O) groups excluding carboxylic acids is 2. The minimum absolute atomic E-state index is 0.0218. The number of benzene rings is 3. The number of fused-ring (bicyclic) bond motifs is 1. The lowest BCUT2D eigenvalue weighted by molar-refractivity contribution is -0.598. The summed E-state index contributed by atoms with van der Waals surface area (Å²) in [5.41, 5.74) is 3.35. The number of ketones is 1. The molecule has 0 amide bonds. The van der Waals surface area contributed by atoms with Gasteiger partial charge in [0.15, 0.2) is 12.4 Å². The number of hydrogen-bond acceptors (Lipinski definition) is 5. The summed E-state index contributed by atoms with van der Waals surface area (Å²) in [7, 11) is 0. The molecule has 0 bridgehead atoms. The molecule has 3 aromatic carbocycles. The van der Waals surface area contributed by atoms with Crippen molar-refractivity contribution < 1.29 is 18.9 Å². The lowest BCUT2D eigenvalue weighted by Gasteiger charge is -2.07. The number of ether oxygens (including phenoxy) is 1. The maximum atomic E-state index is 13.8. The van der Waals surface area contributed by atoms with Gasteiger partial charge in [-0.1, -0.05) is 64.5 Å². The molecular formula is C31H25BrNO3S2+. The fraction of sp³-hybridized carbons (Fsp3) is 0.129. The van der Waals surface area contributed by atoms with Crippen LogP contribution in [0.2, 0.25) is 0 Å². The molecule has 0 radical (unpaired) electrons. The maximum Gasteiger partial charge on any atom is 0.310 e. The van der Waals surface area contributed by atoms with Crippen LogP contribution in [0.15, 0.2) is 106 Å². The molecule has 0 unspecified atom stereocenters. The third-order valence-electron chi connectivity index (χ3n) is 6.10. The van der Waals surface area contributed by atoms with Gasteiger partial charge in [-0.25, -0.2) is 0 Å². The molecule has 5 aromatic rings. The van der Waals surface area contributed by atoms with Crippen LogP contribution in [0.25, 0.3) is 16.5 Å². The molecule has 0 spiro atoms. The SMILES string of the molecule is CCOC(=O)Cc1c(C(=O)c2ccc(Br)cc2)sc(SCc2cccc3ccccc23)c1-[n+]1ccccc1. The Kier molecular flexibility index (Phi) is 8.37. The molecule has 0 saturated heterocycles. The van der Waals surface area contributed by atoms with Crippen molar-refractivity contribution in [1.29, 1.82) is 0 Å². The molecule has 4 nitrogen and oxygen atoms in total. The average Bonchev–Trinajstić information content (AvgIpc) is 3.30. The van der Waals surface area contributed by atoms with E-state index in [0.717, 1.165) is 20.1 Å². The van der Waals surface area contributed by atoms with Crippen LogP contribution in [-0.4, -0.2) is 18.4 Å². The number of esters is 1. The van der Waals surface area contributed by atoms with Crippen molar-refractivity contribution >= 4 is 61.6 Å². The molecular weight excluding hydrogens is 578 g/mol. The summed E-state index contributed by atoms with van der Waals surface area (Å²) in [4.78, 5) is 27.1. The van der Waals surface area contributed by atoms with Gasteiger partial charge >= 0.3 is 5.97 Å². The average molecular weight is 604 g/mol. The van der Waals surface area contributed by atoms with E-state index in [-0.39, 0.29) is 24.8 Å². The first-order chi connectivity index (χ1) is 18.5. The van der Waals surface area contributed by atoms with E-state index in [1.54, 1.807) is 30.8 Å². The highest BCUT2D eigenvalue weighted by molar-refractivity contribution is 9.10. The molecule has 0 saturated carbocycles. The Morgan fingerprint density at radius 2 is 1.66 bits per heavy atom. The zero-order valence-electron chi connectivity index (χ0n) is 20.7. The Bertz CT molecular complexity index is 1590. The molecule has 38 heavy (non-hydrogen) atoms. The summed E-state index contributed by atoms with van der Waals surface area (Å²) in [6.45, 7) is 2.08. The van der Waals surface area contributed by atoms with Crippen molar-refractivity contribution in [2.24, 2.45) is 0 Å². The molecule has 0 aliphatic rings. The predicted molar refractivity (Wildman–Crippen MR) is 157 cm³/mol. The van der Waals surface area contributed by atoms with E-state index < -0.39 is 0 Å². The molecule has 0 N–H and O–H groups in total. The summed E-state index contributed by atoms with van der Waals surface area (Å²) in [6, 6.07) is 27.9. The molecule has 0 aliphatic carbocycles. The first kappa shape index (κ1) is 26.4. The van der Waals surface area contributed by atoms with Gasteiger partial charge in [0.1, 0.15) is 4.21 Å². The second-order valence-corrected chi connectivity index (χ2v) is 11.8. The van der Waals surface area contributed by atoms with Gasteiger partial charge in [0, 0.05) is 27.9 Å². The quantitative estimate of drug-likeness (QED) is 0.0755. The van der Waals surface area contributed by atoms with Gasteiger partial charge in [-0.05, 0) is 47.5 Å². The van der Waals surface area contributed by atoms with Crippen molar-refractivity contribution in [3.05, 3.63) is 123 Å². The lowest BCUT2D eigenvalue weighted by Crippen LogP contribution is -2.31. The number of halogens is 1. The topological polar surface area (TPSA) is 47.3 Å². The summed E-state index contributed by atoms with van der Waals surface area (Å²) in [5.74, 6) is 0.280. The van der Waals surface area contributed by atoms with Crippen LogP contribution in [0.1, 0.15) is 33.3 Å². The van der Waals surface area contributed by atoms with Crippen LogP contribution >= 0.6 is 39.0 Å². The van der Waals surface area contributed by atoms with Crippen molar-refractivity contribution in [3.63, 3.8) is 0 Å². The lowest BCUT2D eigenvalue weighted by atomic mass is 10.0. The van der Waals surface area contributed by atoms with Gasteiger partial charge in [-0.15, -0.1) is 23.1 Å². The van der Waals surface area contributed by atoms with Crippen LogP contribution in [0.5, 0.6) is 0 Å². The van der Waals surface area contributed by atoms with Gasteiger partial charge in [-0.3, -0.25) is 9.59 Å². The van der Waals surface area contributed by atoms with Crippen LogP contribution < -0.4 is 4.57 Å². The number of thioether (sulfide) groups is 1. The van der Waals surface area contributed by atoms with Gasteiger partial charge in [-0.2, -0.15) is 4.57 Å². The first-order valence-electron chi connectivity index (χ1n) is 12.2. The molecule has 5 rings (SSSR count). The van der Waals surface area contributed by atoms with Crippen molar-refractivity contribution in [1.82, 2.24) is 0 Å². The van der Waals surface area contributed by atoms with Gasteiger partial charge < -0.3 is 4.74 Å². The highest BCUT2D eigenvalue weighted by Gasteiger charge is 2.31. The number of aromatic nitrogens is 1. The Labute approximate surface area is 238 Å². The summed E-state index contributed by atoms with van der Waals surface area (Å²) >= 11 is 6.58. The Balaban J connectivity index is 1.62. The summed E-state index contributed by atoms with van der Waals surface area (Å²) in [5, 5.41) is 2.41. The van der Waals surface area contributed by atoms with E-state index in [4.69, 9.17) is 4.74 Å². The third kappa shape index (κ3) is 5.75. The molecule has 0 aliphatic heterocycles. The number of hydrogen-bond donors (Lipinski definition) is 0. The van der Waals surface area contributed by atoms with Crippen molar-refractivity contribution in [3.8, 4) is 5.69 Å². The van der Waals surface area contributed by atoms with Crippen molar-refractivity contribution in [2.75, 3.05) is 6.61 Å². The summed E-state index contributed by atoms with van der Waals surface area (Å²) < 4.78 is 9.19. The smallest absolute Gasteiger partial charge is 0.310 e. The highest BCUT2D eigenvalue weighted by Crippen LogP contribution is 2.40. The van der Waals surface area contributed by atoms with Crippen molar-refractivity contribution in [2.45, 2.75) is 23.3 Å². The maximum absolute atomic E-state index is 13.8. The number of thiophene rings is 1. The Hall–Kier alpha value is -3.26. The van der Waals surface area contributed by atoms with Crippen LogP contribution in [0, 0.1) is 0 Å². The van der Waals surface area contributed by atoms with Crippen LogP contribution in [0.3, 0.4) is 0 Å². The first-order valence-corrected chi connectivity index (χ1v) is 14.8. The largest absolute Gasteiger partial charge is 0.466 e. The number of nitrogens with zero attached hydrogens (tertiary/aromatic N) is 1. The van der Waals surface area contributed by atoms with Gasteiger partial charge in [0.05, 0.1) is 23.5 Å². The fourth-order valence-electron chi connectivity index (χ4n) is 4.34. The second kappa shape index (κ2) is 12.1. The van der Waals surface area contributed by atoms with Gasteiger partial charge in [0.25, 0.3) is 0 Å². The fourth-order valence-corrected chi connectivity index (χ4v) is 7.18. The van der Waals surface area contributed by atoms with Gasteiger partial charge in [0.2, 0.25) is 11.5 Å². The molecule has 2 heterocycles. The zero-order chi connectivity index (χ0) is 26.5. The van der Waals surface area contributed by atoms with E-state index in [1.165, 1.54) is 27.7 Å². The van der Waals surface area contributed by atoms with E-state index in [1.807, 2.05) is 53.4 Å². The third-order valence-corrected chi connectivity index (χ3v) is 9.16. The van der Waals surface area contributed by atoms with E-state index in [9.17, 15) is 9.59 Å². The van der Waals surface area contributed by atoms with Crippen LogP contribution in [0.4, 0.5) is 0 Å². The minimum Gasteiger partial charge on any atom is -0.466 e. The highest BCUT2D eigenvalue weighted by atomic mass is 79.9. The standard InChI is InChI=1S/C31H25BrNO3S2/c1-2-36-27(34)19-26-28(33-17-6-3-7-18-33)31(38-30(26)29(35)22-13-15-24(32)16-14-22)37-20-23-11-8-10-21-9-4-5-12-25(21)23/h3-18H,2,19-20H2,1H3/q+1. The molecule has 0 fully saturated rings. The van der Waals surface area contributed by atoms with E-state index in [2.05, 4.69) is 52.3 Å². The minimum atomic E-state index is -0.349. The number of pyridine rings is 1. The number of carbonyl (C=O) groups is 2. The Morgan fingerprint density at radius 1 is 0.921 bits per heavy atom. The number of rotatable bonds is 9.